The molecule has 0 unspecified atom stereocenters. The van der Waals surface area contributed by atoms with E-state index in [1.807, 2.05) is 0 Å². The molecule has 0 fully saturated rings. The van der Waals surface area contributed by atoms with Gasteiger partial charge in [-0.2, -0.15) is 0 Å². The first kappa shape index (κ1) is 12.4. The molecule has 1 rings (SSSR count). The maximum absolute atomic E-state index is 10.7. The summed E-state index contributed by atoms with van der Waals surface area (Å²) < 4.78 is 0. The van der Waals surface area contributed by atoms with Gasteiger partial charge in [0.25, 0.3) is 0 Å². The number of benzene rings is 1. The second-order valence-corrected chi connectivity index (χ2v) is 3.94. The van der Waals surface area contributed by atoms with Gasteiger partial charge in [0, 0.05) is 6.04 Å². The van der Waals surface area contributed by atoms with Gasteiger partial charge in [0.2, 0.25) is 0 Å². The zero-order chi connectivity index (χ0) is 12.1. The van der Waals surface area contributed by atoms with Crippen LogP contribution in [-0.4, -0.2) is 17.1 Å². The van der Waals surface area contributed by atoms with Gasteiger partial charge in [-0.3, -0.25) is 0 Å². The standard InChI is InChI=1S/C12H18N2O2/c1-3-4-8(2)14-11-6-5-9(12(15)16)7-10(11)13/h5-8,14H,3-4,13H2,1-2H3,(H,15,16)/t8-/m1/s1. The zero-order valence-corrected chi connectivity index (χ0v) is 9.66. The largest absolute Gasteiger partial charge is 0.478 e. The third-order valence-electron chi connectivity index (χ3n) is 2.42. The van der Waals surface area contributed by atoms with E-state index in [9.17, 15) is 4.79 Å². The number of aromatic carboxylic acids is 1. The normalized spacial score (nSPS) is 12.1. The average molecular weight is 222 g/mol. The molecule has 16 heavy (non-hydrogen) atoms. The van der Waals surface area contributed by atoms with Gasteiger partial charge < -0.3 is 16.2 Å². The summed E-state index contributed by atoms with van der Waals surface area (Å²) in [6.07, 6.45) is 2.15. The fraction of sp³-hybridized carbons (Fsp3) is 0.417. The fourth-order valence-electron chi connectivity index (χ4n) is 1.60. The van der Waals surface area contributed by atoms with Crippen molar-refractivity contribution < 1.29 is 9.90 Å². The molecule has 0 bridgehead atoms. The Morgan fingerprint density at radius 2 is 2.25 bits per heavy atom. The number of nitrogen functional groups attached to an aromatic ring is 1. The maximum Gasteiger partial charge on any atom is 0.335 e. The molecule has 1 atom stereocenters. The predicted octanol–water partition coefficient (Wildman–Crippen LogP) is 2.57. The summed E-state index contributed by atoms with van der Waals surface area (Å²) in [7, 11) is 0. The van der Waals surface area contributed by atoms with Crippen LogP contribution in [0.4, 0.5) is 11.4 Å². The van der Waals surface area contributed by atoms with Crippen molar-refractivity contribution in [3.05, 3.63) is 23.8 Å². The summed E-state index contributed by atoms with van der Waals surface area (Å²) in [5.41, 5.74) is 7.26. The van der Waals surface area contributed by atoms with Gasteiger partial charge in [0.15, 0.2) is 0 Å². The van der Waals surface area contributed by atoms with Crippen molar-refractivity contribution >= 4 is 17.3 Å². The molecule has 0 saturated heterocycles. The third-order valence-corrected chi connectivity index (χ3v) is 2.42. The zero-order valence-electron chi connectivity index (χ0n) is 9.66. The molecule has 0 aliphatic heterocycles. The molecule has 0 amide bonds. The molecule has 4 N–H and O–H groups in total. The van der Waals surface area contributed by atoms with Gasteiger partial charge in [-0.15, -0.1) is 0 Å². The molecule has 1 aromatic rings. The number of anilines is 2. The van der Waals surface area contributed by atoms with E-state index in [0.29, 0.717) is 11.7 Å². The highest BCUT2D eigenvalue weighted by atomic mass is 16.4. The number of hydrogen-bond donors (Lipinski definition) is 3. The molecule has 0 heterocycles. The number of nitrogens with two attached hydrogens (primary N) is 1. The Balaban J connectivity index is 2.79. The van der Waals surface area contributed by atoms with Crippen LogP contribution in [0.3, 0.4) is 0 Å². The third kappa shape index (κ3) is 3.15. The van der Waals surface area contributed by atoms with Crippen LogP contribution < -0.4 is 11.1 Å². The summed E-state index contributed by atoms with van der Waals surface area (Å²) in [5.74, 6) is -0.958. The number of hydrogen-bond acceptors (Lipinski definition) is 3. The second kappa shape index (κ2) is 5.39. The van der Waals surface area contributed by atoms with E-state index >= 15 is 0 Å². The Kier molecular flexibility index (Phi) is 4.17. The molecule has 0 aromatic heterocycles. The highest BCUT2D eigenvalue weighted by molar-refractivity contribution is 5.90. The highest BCUT2D eigenvalue weighted by Crippen LogP contribution is 2.21. The lowest BCUT2D eigenvalue weighted by atomic mass is 10.1. The van der Waals surface area contributed by atoms with Crippen LogP contribution in [0.1, 0.15) is 37.0 Å². The number of rotatable bonds is 5. The Hall–Kier alpha value is -1.71. The number of carboxylic acids is 1. The SMILES string of the molecule is CCC[C@@H](C)Nc1ccc(C(=O)O)cc1N. The van der Waals surface area contributed by atoms with Crippen molar-refractivity contribution in [1.82, 2.24) is 0 Å². The first-order valence-electron chi connectivity index (χ1n) is 5.44. The lowest BCUT2D eigenvalue weighted by Gasteiger charge is -2.16. The van der Waals surface area contributed by atoms with Crippen LogP contribution in [0.25, 0.3) is 0 Å². The Morgan fingerprint density at radius 3 is 2.75 bits per heavy atom. The Labute approximate surface area is 95.5 Å². The molecule has 0 aliphatic carbocycles. The molecule has 0 saturated carbocycles. The lowest BCUT2D eigenvalue weighted by Crippen LogP contribution is -2.15. The summed E-state index contributed by atoms with van der Waals surface area (Å²) in [4.78, 5) is 10.7. The summed E-state index contributed by atoms with van der Waals surface area (Å²) >= 11 is 0. The first-order valence-corrected chi connectivity index (χ1v) is 5.44. The lowest BCUT2D eigenvalue weighted by molar-refractivity contribution is 0.0697. The van der Waals surface area contributed by atoms with Crippen molar-refractivity contribution in [3.8, 4) is 0 Å². The molecular weight excluding hydrogens is 204 g/mol. The number of carboxylic acid groups (broad SMARTS) is 1. The predicted molar refractivity (Wildman–Crippen MR) is 65.8 cm³/mol. The van der Waals surface area contributed by atoms with E-state index in [1.165, 1.54) is 6.07 Å². The second-order valence-electron chi connectivity index (χ2n) is 3.94. The van der Waals surface area contributed by atoms with Gasteiger partial charge in [-0.1, -0.05) is 13.3 Å². The first-order chi connectivity index (χ1) is 7.54. The van der Waals surface area contributed by atoms with Gasteiger partial charge in [-0.25, -0.2) is 4.79 Å². The van der Waals surface area contributed by atoms with Gasteiger partial charge in [0.05, 0.1) is 16.9 Å². The minimum Gasteiger partial charge on any atom is -0.478 e. The monoisotopic (exact) mass is 222 g/mol. The molecule has 0 radical (unpaired) electrons. The molecule has 0 aliphatic rings. The van der Waals surface area contributed by atoms with Gasteiger partial charge >= 0.3 is 5.97 Å². The number of nitrogens with one attached hydrogen (secondary N) is 1. The maximum atomic E-state index is 10.7. The molecule has 0 spiro atoms. The Morgan fingerprint density at radius 1 is 1.56 bits per heavy atom. The Bertz CT molecular complexity index is 377. The van der Waals surface area contributed by atoms with Crippen molar-refractivity contribution in [3.63, 3.8) is 0 Å². The van der Waals surface area contributed by atoms with Crippen LogP contribution in [-0.2, 0) is 0 Å². The van der Waals surface area contributed by atoms with E-state index in [-0.39, 0.29) is 5.56 Å². The minimum absolute atomic E-state index is 0.214. The van der Waals surface area contributed by atoms with E-state index in [2.05, 4.69) is 19.2 Å². The van der Waals surface area contributed by atoms with Crippen molar-refractivity contribution in [2.24, 2.45) is 0 Å². The smallest absolute Gasteiger partial charge is 0.335 e. The van der Waals surface area contributed by atoms with E-state index in [0.717, 1.165) is 18.5 Å². The van der Waals surface area contributed by atoms with Crippen LogP contribution in [0.2, 0.25) is 0 Å². The minimum atomic E-state index is -0.958. The van der Waals surface area contributed by atoms with Crippen LogP contribution in [0.5, 0.6) is 0 Å². The van der Waals surface area contributed by atoms with E-state index in [1.54, 1.807) is 12.1 Å². The van der Waals surface area contributed by atoms with Gasteiger partial charge in [0.1, 0.15) is 0 Å². The van der Waals surface area contributed by atoms with Crippen molar-refractivity contribution in [1.29, 1.82) is 0 Å². The van der Waals surface area contributed by atoms with E-state index < -0.39 is 5.97 Å². The van der Waals surface area contributed by atoms with Crippen LogP contribution in [0, 0.1) is 0 Å². The molecule has 4 nitrogen and oxygen atoms in total. The van der Waals surface area contributed by atoms with Crippen molar-refractivity contribution in [2.75, 3.05) is 11.1 Å². The van der Waals surface area contributed by atoms with E-state index in [4.69, 9.17) is 10.8 Å². The summed E-state index contributed by atoms with van der Waals surface area (Å²) in [6, 6.07) is 5.08. The summed E-state index contributed by atoms with van der Waals surface area (Å²) in [6.45, 7) is 4.20. The van der Waals surface area contributed by atoms with Crippen molar-refractivity contribution in [2.45, 2.75) is 32.7 Å². The highest BCUT2D eigenvalue weighted by Gasteiger charge is 2.07. The van der Waals surface area contributed by atoms with Gasteiger partial charge in [-0.05, 0) is 31.5 Å². The molecule has 1 aromatic carbocycles. The number of carbonyl (C=O) groups is 1. The molecule has 4 heteroatoms. The topological polar surface area (TPSA) is 75.3 Å². The van der Waals surface area contributed by atoms with Crippen LogP contribution in [0.15, 0.2) is 18.2 Å². The fourth-order valence-corrected chi connectivity index (χ4v) is 1.60. The molecular formula is C12H18N2O2. The molecule has 88 valence electrons. The summed E-state index contributed by atoms with van der Waals surface area (Å²) in [5, 5.41) is 12.0. The quantitative estimate of drug-likeness (QED) is 0.669. The van der Waals surface area contributed by atoms with Crippen LogP contribution >= 0.6 is 0 Å². The average Bonchev–Trinajstić information content (AvgIpc) is 2.21.